The first-order valence-electron chi connectivity index (χ1n) is 7.65. The zero-order valence-corrected chi connectivity index (χ0v) is 15.2. The fourth-order valence-electron chi connectivity index (χ4n) is 2.79. The van der Waals surface area contributed by atoms with Crippen LogP contribution in [0.4, 0.5) is 0 Å². The van der Waals surface area contributed by atoms with E-state index in [-0.39, 0.29) is 34.6 Å². The average Bonchev–Trinajstić information content (AvgIpc) is 2.90. The number of hydrogen-bond acceptors (Lipinski definition) is 5. The molecule has 0 spiro atoms. The molecular weight excluding hydrogens is 354 g/mol. The molecule has 134 valence electrons. The molecule has 1 aliphatic rings. The zero-order valence-electron chi connectivity index (χ0n) is 13.5. The van der Waals surface area contributed by atoms with Gasteiger partial charge in [0.2, 0.25) is 10.0 Å². The maximum absolute atomic E-state index is 12.6. The van der Waals surface area contributed by atoms with Crippen molar-refractivity contribution in [3.8, 4) is 0 Å². The lowest BCUT2D eigenvalue weighted by molar-refractivity contribution is -0.142. The van der Waals surface area contributed by atoms with Gasteiger partial charge in [-0.05, 0) is 36.6 Å². The van der Waals surface area contributed by atoms with Crippen LogP contribution in [0.1, 0.15) is 20.3 Å². The van der Waals surface area contributed by atoms with Crippen molar-refractivity contribution in [3.63, 3.8) is 0 Å². The monoisotopic (exact) mass is 375 g/mol. The fraction of sp³-hybridized carbons (Fsp3) is 0.533. The summed E-state index contributed by atoms with van der Waals surface area (Å²) in [6.45, 7) is 3.52. The van der Waals surface area contributed by atoms with Crippen molar-refractivity contribution in [1.82, 2.24) is 4.31 Å². The van der Waals surface area contributed by atoms with Gasteiger partial charge in [-0.2, -0.15) is 4.31 Å². The van der Waals surface area contributed by atoms with Crippen LogP contribution >= 0.6 is 0 Å². The molecule has 1 aromatic rings. The summed E-state index contributed by atoms with van der Waals surface area (Å²) in [6, 6.07) is 5.09. The molecule has 1 heterocycles. The molecule has 9 heteroatoms. The molecule has 1 N–H and O–H groups in total. The van der Waals surface area contributed by atoms with Crippen molar-refractivity contribution >= 4 is 25.8 Å². The number of carboxylic acid groups (broad SMARTS) is 1. The van der Waals surface area contributed by atoms with E-state index >= 15 is 0 Å². The number of aliphatic carboxylic acids is 1. The third kappa shape index (κ3) is 3.62. The van der Waals surface area contributed by atoms with Crippen molar-refractivity contribution in [2.75, 3.05) is 18.8 Å². The average molecular weight is 375 g/mol. The van der Waals surface area contributed by atoms with Crippen molar-refractivity contribution in [1.29, 1.82) is 0 Å². The standard InChI is InChI=1S/C15H21NO6S2/c1-3-8-23(19,20)12-4-6-13(7-5-12)24(21,22)16-9-11(2)14(10-16)15(17)18/h4-7,11,14H,3,8-10H2,1-2H3,(H,17,18)/t11-,14-/m1/s1. The van der Waals surface area contributed by atoms with Gasteiger partial charge in [0.05, 0.1) is 21.5 Å². The highest BCUT2D eigenvalue weighted by atomic mass is 32.2. The van der Waals surface area contributed by atoms with Crippen LogP contribution < -0.4 is 0 Å². The Bertz CT molecular complexity index is 814. The normalized spacial score (nSPS) is 22.6. The third-order valence-electron chi connectivity index (χ3n) is 4.19. The molecule has 7 nitrogen and oxygen atoms in total. The number of rotatable bonds is 6. The summed E-state index contributed by atoms with van der Waals surface area (Å²) < 4.78 is 50.4. The number of hydrogen-bond donors (Lipinski definition) is 1. The molecule has 0 bridgehead atoms. The quantitative estimate of drug-likeness (QED) is 0.800. The van der Waals surface area contributed by atoms with Crippen LogP contribution in [-0.2, 0) is 24.7 Å². The van der Waals surface area contributed by atoms with Gasteiger partial charge in [0.1, 0.15) is 0 Å². The summed E-state index contributed by atoms with van der Waals surface area (Å²) in [6.07, 6.45) is 0.477. The molecule has 0 radical (unpaired) electrons. The Kier molecular flexibility index (Phi) is 5.36. The third-order valence-corrected chi connectivity index (χ3v) is 7.97. The Morgan fingerprint density at radius 2 is 1.67 bits per heavy atom. The highest BCUT2D eigenvalue weighted by Gasteiger charge is 2.40. The number of benzene rings is 1. The lowest BCUT2D eigenvalue weighted by atomic mass is 9.99. The van der Waals surface area contributed by atoms with Crippen molar-refractivity contribution in [2.45, 2.75) is 30.1 Å². The summed E-state index contributed by atoms with van der Waals surface area (Å²) in [5, 5.41) is 9.13. The number of carboxylic acids is 1. The Labute approximate surface area is 142 Å². The molecule has 0 aliphatic carbocycles. The van der Waals surface area contributed by atoms with Gasteiger partial charge in [0, 0.05) is 13.1 Å². The van der Waals surface area contributed by atoms with Crippen LogP contribution in [0, 0.1) is 11.8 Å². The second kappa shape index (κ2) is 6.81. The maximum Gasteiger partial charge on any atom is 0.308 e. The molecule has 0 unspecified atom stereocenters. The van der Waals surface area contributed by atoms with Crippen LogP contribution in [-0.4, -0.2) is 51.1 Å². The lowest BCUT2D eigenvalue weighted by Gasteiger charge is -2.16. The largest absolute Gasteiger partial charge is 0.481 e. The smallest absolute Gasteiger partial charge is 0.308 e. The van der Waals surface area contributed by atoms with Crippen molar-refractivity contribution in [2.24, 2.45) is 11.8 Å². The van der Waals surface area contributed by atoms with Gasteiger partial charge < -0.3 is 5.11 Å². The van der Waals surface area contributed by atoms with Gasteiger partial charge in [-0.15, -0.1) is 0 Å². The van der Waals surface area contributed by atoms with E-state index in [1.165, 1.54) is 24.3 Å². The second-order valence-corrected chi connectivity index (χ2v) is 10.1. The Morgan fingerprint density at radius 3 is 2.12 bits per heavy atom. The summed E-state index contributed by atoms with van der Waals surface area (Å²) >= 11 is 0. The zero-order chi connectivity index (χ0) is 18.1. The van der Waals surface area contributed by atoms with E-state index in [1.54, 1.807) is 13.8 Å². The first-order chi connectivity index (χ1) is 11.1. The number of nitrogens with zero attached hydrogens (tertiary/aromatic N) is 1. The van der Waals surface area contributed by atoms with Crippen LogP contribution in [0.15, 0.2) is 34.1 Å². The van der Waals surface area contributed by atoms with Crippen LogP contribution in [0.25, 0.3) is 0 Å². The number of sulfone groups is 1. The fourth-order valence-corrected chi connectivity index (χ4v) is 5.68. The van der Waals surface area contributed by atoms with E-state index in [0.717, 1.165) is 4.31 Å². The Hall–Kier alpha value is -1.45. The minimum Gasteiger partial charge on any atom is -0.481 e. The van der Waals surface area contributed by atoms with Gasteiger partial charge in [0.25, 0.3) is 0 Å². The first-order valence-corrected chi connectivity index (χ1v) is 10.7. The minimum absolute atomic E-state index is 0.00300. The molecule has 1 saturated heterocycles. The lowest BCUT2D eigenvalue weighted by Crippen LogP contribution is -2.30. The Morgan fingerprint density at radius 1 is 1.12 bits per heavy atom. The summed E-state index contributed by atoms with van der Waals surface area (Å²) in [7, 11) is -7.24. The molecule has 0 aromatic heterocycles. The molecule has 2 atom stereocenters. The van der Waals surface area contributed by atoms with Crippen LogP contribution in [0.5, 0.6) is 0 Å². The van der Waals surface area contributed by atoms with Crippen molar-refractivity contribution < 1.29 is 26.7 Å². The predicted molar refractivity (Wildman–Crippen MR) is 87.8 cm³/mol. The molecule has 1 aromatic carbocycles. The molecular formula is C15H21NO6S2. The highest BCUT2D eigenvalue weighted by Crippen LogP contribution is 2.29. The maximum atomic E-state index is 12.6. The van der Waals surface area contributed by atoms with Crippen LogP contribution in [0.3, 0.4) is 0 Å². The summed E-state index contributed by atoms with van der Waals surface area (Å²) in [4.78, 5) is 11.2. The molecule has 2 rings (SSSR count). The molecule has 24 heavy (non-hydrogen) atoms. The van der Waals surface area contributed by atoms with E-state index in [9.17, 15) is 21.6 Å². The highest BCUT2D eigenvalue weighted by molar-refractivity contribution is 7.91. The molecule has 1 fully saturated rings. The van der Waals surface area contributed by atoms with Gasteiger partial charge >= 0.3 is 5.97 Å². The SMILES string of the molecule is CCCS(=O)(=O)c1ccc(S(=O)(=O)N2C[C@@H](C)[C@H](C(=O)O)C2)cc1. The van der Waals surface area contributed by atoms with Crippen LogP contribution in [0.2, 0.25) is 0 Å². The first kappa shape index (κ1) is 18.9. The van der Waals surface area contributed by atoms with E-state index < -0.39 is 31.7 Å². The number of sulfonamides is 1. The molecule has 1 aliphatic heterocycles. The predicted octanol–water partition coefficient (Wildman–Crippen LogP) is 1.21. The Balaban J connectivity index is 2.27. The summed E-state index contributed by atoms with van der Waals surface area (Å²) in [5.41, 5.74) is 0. The van der Waals surface area contributed by atoms with E-state index in [2.05, 4.69) is 0 Å². The summed E-state index contributed by atoms with van der Waals surface area (Å²) in [5.74, 6) is -2.02. The van der Waals surface area contributed by atoms with E-state index in [0.29, 0.717) is 6.42 Å². The van der Waals surface area contributed by atoms with Crippen molar-refractivity contribution in [3.05, 3.63) is 24.3 Å². The van der Waals surface area contributed by atoms with Gasteiger partial charge in [-0.25, -0.2) is 16.8 Å². The minimum atomic E-state index is -3.84. The van der Waals surface area contributed by atoms with E-state index in [1.807, 2.05) is 0 Å². The van der Waals surface area contributed by atoms with Gasteiger partial charge in [0.15, 0.2) is 9.84 Å². The molecule has 0 amide bonds. The van der Waals surface area contributed by atoms with Gasteiger partial charge in [-0.3, -0.25) is 4.79 Å². The number of carbonyl (C=O) groups is 1. The second-order valence-electron chi connectivity index (χ2n) is 6.03. The van der Waals surface area contributed by atoms with Gasteiger partial charge in [-0.1, -0.05) is 13.8 Å². The molecule has 0 saturated carbocycles. The van der Waals surface area contributed by atoms with E-state index in [4.69, 9.17) is 5.11 Å². The topological polar surface area (TPSA) is 109 Å².